The maximum absolute atomic E-state index is 13.1. The summed E-state index contributed by atoms with van der Waals surface area (Å²) in [5.74, 6) is 5.14. The highest BCUT2D eigenvalue weighted by Crippen LogP contribution is 2.07. The highest BCUT2D eigenvalue weighted by atomic mass is 32.1. The molecule has 0 aromatic heterocycles. The quantitative estimate of drug-likeness (QED) is 0.410. The van der Waals surface area contributed by atoms with E-state index in [1.165, 1.54) is 12.1 Å². The topological polar surface area (TPSA) is 17.1 Å². The van der Waals surface area contributed by atoms with Crippen molar-refractivity contribution in [3.8, 4) is 11.8 Å². The second-order valence-electron chi connectivity index (χ2n) is 2.32. The highest BCUT2D eigenvalue weighted by Gasteiger charge is 1.99. The summed E-state index contributed by atoms with van der Waals surface area (Å²) in [5, 5.41) is 0. The van der Waals surface area contributed by atoms with E-state index < -0.39 is 5.82 Å². The second kappa shape index (κ2) is 4.68. The number of halogens is 1. The molecule has 0 bridgehead atoms. The lowest BCUT2D eigenvalue weighted by atomic mass is 10.1. The molecule has 1 aromatic rings. The van der Waals surface area contributed by atoms with Crippen molar-refractivity contribution in [3.05, 3.63) is 35.1 Å². The van der Waals surface area contributed by atoms with Gasteiger partial charge in [-0.1, -0.05) is 17.9 Å². The Morgan fingerprint density at radius 1 is 1.54 bits per heavy atom. The number of carbonyl (C=O) groups is 1. The van der Waals surface area contributed by atoms with Crippen LogP contribution in [0.5, 0.6) is 0 Å². The minimum Gasteiger partial charge on any atom is -0.298 e. The molecule has 0 saturated carbocycles. The summed E-state index contributed by atoms with van der Waals surface area (Å²) in [6.45, 7) is 0. The van der Waals surface area contributed by atoms with Gasteiger partial charge in [0.25, 0.3) is 0 Å². The van der Waals surface area contributed by atoms with Gasteiger partial charge in [0.2, 0.25) is 0 Å². The van der Waals surface area contributed by atoms with E-state index in [1.807, 2.05) is 0 Å². The number of hydrogen-bond acceptors (Lipinski definition) is 2. The molecule has 0 fully saturated rings. The predicted molar refractivity (Wildman–Crippen MR) is 52.5 cm³/mol. The van der Waals surface area contributed by atoms with Crippen LogP contribution >= 0.6 is 12.6 Å². The van der Waals surface area contributed by atoms with Crippen LogP contribution in [0.3, 0.4) is 0 Å². The SMILES string of the molecule is O=Cc1ccc(C#CCS)c(F)c1. The molecule has 0 aliphatic rings. The highest BCUT2D eigenvalue weighted by molar-refractivity contribution is 7.80. The van der Waals surface area contributed by atoms with Gasteiger partial charge in [0, 0.05) is 5.56 Å². The zero-order valence-corrected chi connectivity index (χ0v) is 7.64. The summed E-state index contributed by atoms with van der Waals surface area (Å²) >= 11 is 3.87. The fraction of sp³-hybridized carbons (Fsp3) is 0.100. The first-order valence-corrected chi connectivity index (χ1v) is 4.25. The van der Waals surface area contributed by atoms with Crippen molar-refractivity contribution in [1.82, 2.24) is 0 Å². The molecule has 0 unspecified atom stereocenters. The molecular formula is C10H7FOS. The standard InChI is InChI=1S/C10H7FOS/c11-10-6-8(7-12)3-4-9(10)2-1-5-13/h3-4,6-7,13H,5H2. The van der Waals surface area contributed by atoms with Crippen LogP contribution in [0.4, 0.5) is 4.39 Å². The van der Waals surface area contributed by atoms with E-state index in [0.717, 1.165) is 6.07 Å². The molecule has 0 amide bonds. The molecule has 13 heavy (non-hydrogen) atoms. The number of benzene rings is 1. The van der Waals surface area contributed by atoms with Gasteiger partial charge in [-0.2, -0.15) is 12.6 Å². The van der Waals surface area contributed by atoms with E-state index >= 15 is 0 Å². The number of carbonyl (C=O) groups excluding carboxylic acids is 1. The third-order valence-corrected chi connectivity index (χ3v) is 1.59. The normalized spacial score (nSPS) is 8.77. The average molecular weight is 194 g/mol. The zero-order valence-electron chi connectivity index (χ0n) is 6.75. The lowest BCUT2D eigenvalue weighted by molar-refractivity contribution is 0.112. The molecule has 0 N–H and O–H groups in total. The van der Waals surface area contributed by atoms with E-state index in [1.54, 1.807) is 0 Å². The van der Waals surface area contributed by atoms with Gasteiger partial charge >= 0.3 is 0 Å². The van der Waals surface area contributed by atoms with Gasteiger partial charge in [0.1, 0.15) is 12.1 Å². The fourth-order valence-corrected chi connectivity index (χ4v) is 0.920. The largest absolute Gasteiger partial charge is 0.298 e. The van der Waals surface area contributed by atoms with Gasteiger partial charge in [0.15, 0.2) is 0 Å². The van der Waals surface area contributed by atoms with Crippen LogP contribution in [-0.4, -0.2) is 12.0 Å². The van der Waals surface area contributed by atoms with Crippen LogP contribution in [0.2, 0.25) is 0 Å². The zero-order chi connectivity index (χ0) is 9.68. The van der Waals surface area contributed by atoms with Gasteiger partial charge < -0.3 is 0 Å². The molecule has 0 radical (unpaired) electrons. The number of thiol groups is 1. The molecule has 1 nitrogen and oxygen atoms in total. The maximum atomic E-state index is 13.1. The van der Waals surface area contributed by atoms with Gasteiger partial charge in [-0.15, -0.1) is 0 Å². The van der Waals surface area contributed by atoms with Crippen LogP contribution < -0.4 is 0 Å². The first-order valence-electron chi connectivity index (χ1n) is 3.62. The van der Waals surface area contributed by atoms with Gasteiger partial charge in [-0.05, 0) is 12.1 Å². The summed E-state index contributed by atoms with van der Waals surface area (Å²) in [4.78, 5) is 10.3. The van der Waals surface area contributed by atoms with E-state index in [0.29, 0.717) is 23.2 Å². The van der Waals surface area contributed by atoms with Crippen molar-refractivity contribution in [2.45, 2.75) is 0 Å². The number of aldehydes is 1. The Labute approximate surface area is 81.4 Å². The molecule has 3 heteroatoms. The molecule has 1 rings (SSSR count). The number of hydrogen-bond donors (Lipinski definition) is 1. The Morgan fingerprint density at radius 2 is 2.31 bits per heavy atom. The maximum Gasteiger partial charge on any atom is 0.150 e. The molecule has 0 heterocycles. The van der Waals surface area contributed by atoms with Crippen LogP contribution in [0.15, 0.2) is 18.2 Å². The van der Waals surface area contributed by atoms with E-state index in [-0.39, 0.29) is 0 Å². The summed E-state index contributed by atoms with van der Waals surface area (Å²) < 4.78 is 13.1. The summed E-state index contributed by atoms with van der Waals surface area (Å²) in [5.41, 5.74) is 0.605. The smallest absolute Gasteiger partial charge is 0.150 e. The minimum absolute atomic E-state index is 0.291. The predicted octanol–water partition coefficient (Wildman–Crippen LogP) is 1.92. The van der Waals surface area contributed by atoms with Crippen LogP contribution in [0, 0.1) is 17.7 Å². The van der Waals surface area contributed by atoms with Crippen LogP contribution in [0.1, 0.15) is 15.9 Å². The minimum atomic E-state index is -0.473. The molecule has 0 spiro atoms. The van der Waals surface area contributed by atoms with Gasteiger partial charge in [0.05, 0.1) is 11.3 Å². The Morgan fingerprint density at radius 3 is 2.85 bits per heavy atom. The lowest BCUT2D eigenvalue weighted by Crippen LogP contribution is -1.87. The Balaban J connectivity index is 3.05. The molecule has 0 aliphatic heterocycles. The molecule has 0 saturated heterocycles. The third kappa shape index (κ3) is 2.60. The summed E-state index contributed by atoms with van der Waals surface area (Å²) in [7, 11) is 0. The Bertz CT molecular complexity index is 376. The Kier molecular flexibility index (Phi) is 3.53. The van der Waals surface area contributed by atoms with Crippen molar-refractivity contribution in [1.29, 1.82) is 0 Å². The van der Waals surface area contributed by atoms with E-state index in [9.17, 15) is 9.18 Å². The van der Waals surface area contributed by atoms with Crippen molar-refractivity contribution in [3.63, 3.8) is 0 Å². The number of rotatable bonds is 1. The van der Waals surface area contributed by atoms with Gasteiger partial charge in [-0.25, -0.2) is 4.39 Å². The average Bonchev–Trinajstić information content (AvgIpc) is 2.16. The van der Waals surface area contributed by atoms with Crippen LogP contribution in [0.25, 0.3) is 0 Å². The first-order chi connectivity index (χ1) is 6.27. The third-order valence-electron chi connectivity index (χ3n) is 1.43. The fourth-order valence-electron chi connectivity index (χ4n) is 0.841. The molecule has 0 atom stereocenters. The molecule has 0 aliphatic carbocycles. The second-order valence-corrected chi connectivity index (χ2v) is 2.63. The Hall–Kier alpha value is -1.27. The molecular weight excluding hydrogens is 187 g/mol. The molecule has 1 aromatic carbocycles. The van der Waals surface area contributed by atoms with Crippen molar-refractivity contribution >= 4 is 18.9 Å². The lowest BCUT2D eigenvalue weighted by Gasteiger charge is -1.94. The summed E-state index contributed by atoms with van der Waals surface area (Å²) in [6.07, 6.45) is 0.596. The van der Waals surface area contributed by atoms with Crippen molar-refractivity contribution < 1.29 is 9.18 Å². The monoisotopic (exact) mass is 194 g/mol. The first kappa shape index (κ1) is 9.82. The van der Waals surface area contributed by atoms with E-state index in [2.05, 4.69) is 24.5 Å². The van der Waals surface area contributed by atoms with E-state index in [4.69, 9.17) is 0 Å². The molecule has 66 valence electrons. The summed E-state index contributed by atoms with van der Waals surface area (Å²) in [6, 6.07) is 4.17. The van der Waals surface area contributed by atoms with Crippen molar-refractivity contribution in [2.75, 3.05) is 5.75 Å². The van der Waals surface area contributed by atoms with Crippen molar-refractivity contribution in [2.24, 2.45) is 0 Å². The van der Waals surface area contributed by atoms with Crippen LogP contribution in [-0.2, 0) is 0 Å². The van der Waals surface area contributed by atoms with Gasteiger partial charge in [-0.3, -0.25) is 4.79 Å².